The second-order valence-corrected chi connectivity index (χ2v) is 5.69. The van der Waals surface area contributed by atoms with Crippen LogP contribution in [0.3, 0.4) is 0 Å². The Hall–Kier alpha value is -0.960. The number of nitrogens with one attached hydrogen (secondary N) is 1. The first kappa shape index (κ1) is 14.4. The number of hydrogen-bond donors (Lipinski definition) is 1. The van der Waals surface area contributed by atoms with Gasteiger partial charge < -0.3 is 5.32 Å². The first-order chi connectivity index (χ1) is 9.15. The third kappa shape index (κ3) is 3.33. The molecule has 1 aliphatic carbocycles. The lowest BCUT2D eigenvalue weighted by Gasteiger charge is -2.36. The van der Waals surface area contributed by atoms with Gasteiger partial charge in [0.15, 0.2) is 11.6 Å². The van der Waals surface area contributed by atoms with Gasteiger partial charge in [-0.15, -0.1) is 0 Å². The number of benzene rings is 1. The molecule has 3 unspecified atom stereocenters. The normalized spacial score (nSPS) is 27.5. The van der Waals surface area contributed by atoms with Crippen molar-refractivity contribution in [3.05, 3.63) is 35.4 Å². The van der Waals surface area contributed by atoms with Crippen LogP contribution in [0.15, 0.2) is 18.2 Å². The van der Waals surface area contributed by atoms with Crippen molar-refractivity contribution in [2.24, 2.45) is 11.8 Å². The van der Waals surface area contributed by atoms with Crippen molar-refractivity contribution in [1.29, 1.82) is 0 Å². The summed E-state index contributed by atoms with van der Waals surface area (Å²) in [6.45, 7) is 3.16. The van der Waals surface area contributed by atoms with Gasteiger partial charge in [-0.25, -0.2) is 8.78 Å². The summed E-state index contributed by atoms with van der Waals surface area (Å²) < 4.78 is 26.5. The molecular formula is C16H23F2N. The zero-order valence-corrected chi connectivity index (χ0v) is 11.8. The lowest BCUT2D eigenvalue weighted by Crippen LogP contribution is -2.30. The molecule has 1 nitrogen and oxygen atoms in total. The van der Waals surface area contributed by atoms with E-state index in [4.69, 9.17) is 0 Å². The van der Waals surface area contributed by atoms with Crippen LogP contribution in [-0.2, 0) is 0 Å². The monoisotopic (exact) mass is 267 g/mol. The third-order valence-corrected chi connectivity index (χ3v) is 4.52. The maximum absolute atomic E-state index is 13.4. The number of rotatable bonds is 4. The zero-order valence-electron chi connectivity index (χ0n) is 11.8. The molecule has 0 aromatic heterocycles. The molecule has 1 saturated carbocycles. The topological polar surface area (TPSA) is 12.0 Å². The fraction of sp³-hybridized carbons (Fsp3) is 0.625. The first-order valence-electron chi connectivity index (χ1n) is 7.25. The van der Waals surface area contributed by atoms with Gasteiger partial charge in [0.1, 0.15) is 0 Å². The Kier molecular flexibility index (Phi) is 4.92. The van der Waals surface area contributed by atoms with E-state index in [9.17, 15) is 8.78 Å². The SMILES string of the molecule is CCC1CCC(CNC)C(c2ccc(F)c(F)c2)C1. The van der Waals surface area contributed by atoms with Crippen molar-refractivity contribution < 1.29 is 8.78 Å². The largest absolute Gasteiger partial charge is 0.319 e. The molecule has 1 aliphatic rings. The molecule has 1 fully saturated rings. The Morgan fingerprint density at radius 1 is 1.21 bits per heavy atom. The Morgan fingerprint density at radius 3 is 2.63 bits per heavy atom. The standard InChI is InChI=1S/C16H23F2N/c1-3-11-4-5-13(10-19-2)14(8-11)12-6-7-15(17)16(18)9-12/h6-7,9,11,13-14,19H,3-5,8,10H2,1-2H3. The van der Waals surface area contributed by atoms with Crippen LogP contribution in [0.5, 0.6) is 0 Å². The van der Waals surface area contributed by atoms with Crippen LogP contribution in [0.25, 0.3) is 0 Å². The smallest absolute Gasteiger partial charge is 0.159 e. The van der Waals surface area contributed by atoms with Crippen LogP contribution in [0.4, 0.5) is 8.78 Å². The van der Waals surface area contributed by atoms with Crippen molar-refractivity contribution in [1.82, 2.24) is 5.32 Å². The van der Waals surface area contributed by atoms with Gasteiger partial charge in [-0.05, 0) is 61.9 Å². The van der Waals surface area contributed by atoms with Crippen molar-refractivity contribution in [2.45, 2.75) is 38.5 Å². The minimum Gasteiger partial charge on any atom is -0.319 e. The number of halogens is 2. The molecule has 3 heteroatoms. The van der Waals surface area contributed by atoms with E-state index in [0.29, 0.717) is 17.8 Å². The van der Waals surface area contributed by atoms with E-state index in [1.54, 1.807) is 6.07 Å². The quantitative estimate of drug-likeness (QED) is 0.866. The highest BCUT2D eigenvalue weighted by Gasteiger charge is 2.30. The van der Waals surface area contributed by atoms with Crippen LogP contribution < -0.4 is 5.32 Å². The lowest BCUT2D eigenvalue weighted by atomic mass is 9.70. The van der Waals surface area contributed by atoms with Crippen LogP contribution >= 0.6 is 0 Å². The van der Waals surface area contributed by atoms with Crippen LogP contribution in [0, 0.1) is 23.5 Å². The molecule has 3 atom stereocenters. The predicted octanol–water partition coefficient (Wildman–Crippen LogP) is 4.09. The molecule has 0 heterocycles. The molecule has 19 heavy (non-hydrogen) atoms. The average Bonchev–Trinajstić information content (AvgIpc) is 2.43. The van der Waals surface area contributed by atoms with Gasteiger partial charge in [-0.2, -0.15) is 0 Å². The van der Waals surface area contributed by atoms with Crippen LogP contribution in [0.1, 0.15) is 44.1 Å². The van der Waals surface area contributed by atoms with Crippen molar-refractivity contribution >= 4 is 0 Å². The molecule has 1 aromatic carbocycles. The Balaban J connectivity index is 2.22. The van der Waals surface area contributed by atoms with Gasteiger partial charge in [0.2, 0.25) is 0 Å². The van der Waals surface area contributed by atoms with E-state index in [2.05, 4.69) is 12.2 Å². The maximum atomic E-state index is 13.4. The highest BCUT2D eigenvalue weighted by atomic mass is 19.2. The summed E-state index contributed by atoms with van der Waals surface area (Å²) in [5, 5.41) is 3.23. The Bertz CT molecular complexity index is 419. The summed E-state index contributed by atoms with van der Waals surface area (Å²) in [6, 6.07) is 4.40. The summed E-state index contributed by atoms with van der Waals surface area (Å²) in [5.41, 5.74) is 0.956. The van der Waals surface area contributed by atoms with Gasteiger partial charge in [-0.3, -0.25) is 0 Å². The Morgan fingerprint density at radius 2 is 2.00 bits per heavy atom. The van der Waals surface area contributed by atoms with Crippen molar-refractivity contribution in [3.63, 3.8) is 0 Å². The van der Waals surface area contributed by atoms with E-state index in [1.807, 2.05) is 7.05 Å². The molecule has 0 amide bonds. The summed E-state index contributed by atoms with van der Waals surface area (Å²) in [5.74, 6) is 0.112. The molecule has 0 spiro atoms. The van der Waals surface area contributed by atoms with Crippen LogP contribution in [-0.4, -0.2) is 13.6 Å². The summed E-state index contributed by atoms with van der Waals surface area (Å²) >= 11 is 0. The molecule has 0 saturated heterocycles. The molecule has 106 valence electrons. The van der Waals surface area contributed by atoms with Gasteiger partial charge in [0.05, 0.1) is 0 Å². The first-order valence-corrected chi connectivity index (χ1v) is 7.25. The van der Waals surface area contributed by atoms with Gasteiger partial charge in [0, 0.05) is 0 Å². The second kappa shape index (κ2) is 6.47. The van der Waals surface area contributed by atoms with E-state index >= 15 is 0 Å². The van der Waals surface area contributed by atoms with E-state index in [-0.39, 0.29) is 0 Å². The van der Waals surface area contributed by atoms with Gasteiger partial charge >= 0.3 is 0 Å². The Labute approximate surface area is 114 Å². The summed E-state index contributed by atoms with van der Waals surface area (Å²) in [6.07, 6.45) is 4.69. The van der Waals surface area contributed by atoms with Crippen molar-refractivity contribution in [3.8, 4) is 0 Å². The molecule has 1 aromatic rings. The molecular weight excluding hydrogens is 244 g/mol. The number of hydrogen-bond acceptors (Lipinski definition) is 1. The third-order valence-electron chi connectivity index (χ3n) is 4.52. The van der Waals surface area contributed by atoms with Gasteiger partial charge in [0.25, 0.3) is 0 Å². The van der Waals surface area contributed by atoms with E-state index < -0.39 is 11.6 Å². The van der Waals surface area contributed by atoms with E-state index in [0.717, 1.165) is 18.5 Å². The lowest BCUT2D eigenvalue weighted by molar-refractivity contribution is 0.228. The summed E-state index contributed by atoms with van der Waals surface area (Å²) in [4.78, 5) is 0. The molecule has 1 N–H and O–H groups in total. The summed E-state index contributed by atoms with van der Waals surface area (Å²) in [7, 11) is 1.95. The minimum atomic E-state index is -0.753. The predicted molar refractivity (Wildman–Crippen MR) is 74.1 cm³/mol. The average molecular weight is 267 g/mol. The molecule has 0 radical (unpaired) electrons. The van der Waals surface area contributed by atoms with Crippen LogP contribution in [0.2, 0.25) is 0 Å². The highest BCUT2D eigenvalue weighted by Crippen LogP contribution is 2.41. The maximum Gasteiger partial charge on any atom is 0.159 e. The molecule has 2 rings (SSSR count). The fourth-order valence-corrected chi connectivity index (χ4v) is 3.35. The minimum absolute atomic E-state index is 0.348. The fourth-order valence-electron chi connectivity index (χ4n) is 3.35. The van der Waals surface area contributed by atoms with E-state index in [1.165, 1.54) is 31.4 Å². The zero-order chi connectivity index (χ0) is 13.8. The molecule has 0 aliphatic heterocycles. The second-order valence-electron chi connectivity index (χ2n) is 5.69. The van der Waals surface area contributed by atoms with Gasteiger partial charge in [-0.1, -0.05) is 25.8 Å². The highest BCUT2D eigenvalue weighted by molar-refractivity contribution is 5.23. The van der Waals surface area contributed by atoms with Crippen molar-refractivity contribution in [2.75, 3.05) is 13.6 Å². The molecule has 0 bridgehead atoms.